The van der Waals surface area contributed by atoms with E-state index in [0.717, 1.165) is 11.8 Å². The smallest absolute Gasteiger partial charge is 0.413 e. The van der Waals surface area contributed by atoms with Gasteiger partial charge in [-0.25, -0.2) is 4.79 Å². The second-order valence-corrected chi connectivity index (χ2v) is 4.28. The van der Waals surface area contributed by atoms with Gasteiger partial charge in [-0.2, -0.15) is 0 Å². The molecule has 1 aromatic rings. The zero-order valence-corrected chi connectivity index (χ0v) is 13.0. The predicted molar refractivity (Wildman–Crippen MR) is 81.7 cm³/mol. The second kappa shape index (κ2) is 10.0. The van der Waals surface area contributed by atoms with Crippen LogP contribution in [0.1, 0.15) is 19.4 Å². The summed E-state index contributed by atoms with van der Waals surface area (Å²) in [6, 6.07) is 3.52. The highest BCUT2D eigenvalue weighted by Crippen LogP contribution is 2.02. The lowest BCUT2D eigenvalue weighted by Gasteiger charge is -2.11. The Morgan fingerprint density at radius 2 is 1.87 bits per heavy atom. The predicted octanol–water partition coefficient (Wildman–Crippen LogP) is 1.10. The third kappa shape index (κ3) is 6.68. The number of carbonyl (C=O) groups is 3. The standard InChI is InChI=1S/C15H19N3O5/c1-3-22-14(20)12(13(19)18-15(21)23-4-2)10-17-9-11-5-7-16-8-6-11/h5-8,10,12H,3-4,9H2,1-2H3,(H,18,19,21)/t12-/m0/s1. The lowest BCUT2D eigenvalue weighted by Crippen LogP contribution is -2.40. The normalized spacial score (nSPS) is 11.7. The number of esters is 1. The Morgan fingerprint density at radius 1 is 1.22 bits per heavy atom. The van der Waals surface area contributed by atoms with Crippen LogP contribution < -0.4 is 5.32 Å². The lowest BCUT2D eigenvalue weighted by atomic mass is 10.1. The van der Waals surface area contributed by atoms with Gasteiger partial charge in [0.25, 0.3) is 0 Å². The van der Waals surface area contributed by atoms with E-state index in [9.17, 15) is 14.4 Å². The Labute approximate surface area is 133 Å². The minimum absolute atomic E-state index is 0.110. The molecule has 0 aliphatic heterocycles. The summed E-state index contributed by atoms with van der Waals surface area (Å²) >= 11 is 0. The van der Waals surface area contributed by atoms with E-state index in [0.29, 0.717) is 0 Å². The zero-order valence-electron chi connectivity index (χ0n) is 13.0. The van der Waals surface area contributed by atoms with Crippen LogP contribution in [0.3, 0.4) is 0 Å². The van der Waals surface area contributed by atoms with Crippen LogP contribution in [0.25, 0.3) is 0 Å². The molecule has 23 heavy (non-hydrogen) atoms. The molecule has 1 aromatic heterocycles. The average molecular weight is 321 g/mol. The molecule has 1 N–H and O–H groups in total. The second-order valence-electron chi connectivity index (χ2n) is 4.28. The summed E-state index contributed by atoms with van der Waals surface area (Å²) < 4.78 is 9.42. The van der Waals surface area contributed by atoms with Gasteiger partial charge in [0.2, 0.25) is 5.91 Å². The van der Waals surface area contributed by atoms with Gasteiger partial charge in [0.15, 0.2) is 5.92 Å². The first-order chi connectivity index (χ1) is 11.1. The van der Waals surface area contributed by atoms with Crippen molar-refractivity contribution in [1.82, 2.24) is 10.3 Å². The molecule has 124 valence electrons. The van der Waals surface area contributed by atoms with Gasteiger partial charge in [-0.1, -0.05) is 0 Å². The number of hydrogen-bond acceptors (Lipinski definition) is 7. The summed E-state index contributed by atoms with van der Waals surface area (Å²) in [5.74, 6) is -2.95. The van der Waals surface area contributed by atoms with Crippen LogP contribution in [0.2, 0.25) is 0 Å². The number of aliphatic imine (C=N–C) groups is 1. The van der Waals surface area contributed by atoms with Crippen molar-refractivity contribution in [2.45, 2.75) is 20.4 Å². The Bertz CT molecular complexity index is 559. The van der Waals surface area contributed by atoms with Crippen LogP contribution in [-0.2, 0) is 25.6 Å². The number of amides is 2. The van der Waals surface area contributed by atoms with E-state index < -0.39 is 23.9 Å². The maximum Gasteiger partial charge on any atom is 0.413 e. The summed E-state index contributed by atoms with van der Waals surface area (Å²) in [6.07, 6.45) is 3.46. The van der Waals surface area contributed by atoms with Gasteiger partial charge in [0.1, 0.15) is 0 Å². The molecule has 0 unspecified atom stereocenters. The molecule has 0 bridgehead atoms. The molecule has 2 amide bonds. The van der Waals surface area contributed by atoms with E-state index in [1.54, 1.807) is 38.4 Å². The molecular weight excluding hydrogens is 302 g/mol. The summed E-state index contributed by atoms with van der Waals surface area (Å²) in [5.41, 5.74) is 0.865. The highest BCUT2D eigenvalue weighted by molar-refractivity contribution is 6.14. The molecule has 0 aliphatic rings. The number of rotatable bonds is 7. The van der Waals surface area contributed by atoms with Gasteiger partial charge in [-0.15, -0.1) is 0 Å². The first-order valence-electron chi connectivity index (χ1n) is 7.11. The summed E-state index contributed by atoms with van der Waals surface area (Å²) in [6.45, 7) is 3.71. The van der Waals surface area contributed by atoms with Crippen LogP contribution in [0.5, 0.6) is 0 Å². The maximum atomic E-state index is 12.0. The van der Waals surface area contributed by atoms with E-state index >= 15 is 0 Å². The largest absolute Gasteiger partial charge is 0.465 e. The minimum Gasteiger partial charge on any atom is -0.465 e. The molecule has 0 aliphatic carbocycles. The van der Waals surface area contributed by atoms with Gasteiger partial charge in [0, 0.05) is 18.6 Å². The first-order valence-corrected chi connectivity index (χ1v) is 7.11. The van der Waals surface area contributed by atoms with Gasteiger partial charge in [0.05, 0.1) is 19.8 Å². The third-order valence-electron chi connectivity index (χ3n) is 2.60. The monoisotopic (exact) mass is 321 g/mol. The quantitative estimate of drug-likeness (QED) is 0.458. The van der Waals surface area contributed by atoms with Crippen molar-refractivity contribution in [3.8, 4) is 0 Å². The van der Waals surface area contributed by atoms with Gasteiger partial charge in [-0.05, 0) is 31.5 Å². The summed E-state index contributed by atoms with van der Waals surface area (Å²) in [7, 11) is 0. The number of imide groups is 1. The highest BCUT2D eigenvalue weighted by Gasteiger charge is 2.28. The summed E-state index contributed by atoms with van der Waals surface area (Å²) in [4.78, 5) is 43.0. The topological polar surface area (TPSA) is 107 Å². The van der Waals surface area contributed by atoms with Gasteiger partial charge >= 0.3 is 12.1 Å². The van der Waals surface area contributed by atoms with Crippen molar-refractivity contribution in [1.29, 1.82) is 0 Å². The van der Waals surface area contributed by atoms with Crippen LogP contribution in [0, 0.1) is 5.92 Å². The Morgan fingerprint density at radius 3 is 2.48 bits per heavy atom. The zero-order chi connectivity index (χ0) is 17.1. The van der Waals surface area contributed by atoms with Crippen molar-refractivity contribution in [2.24, 2.45) is 10.9 Å². The molecular formula is C15H19N3O5. The number of aromatic nitrogens is 1. The third-order valence-corrected chi connectivity index (χ3v) is 2.60. The highest BCUT2D eigenvalue weighted by atomic mass is 16.5. The number of nitrogens with one attached hydrogen (secondary N) is 1. The first kappa shape index (κ1) is 18.3. The van der Waals surface area contributed by atoms with Crippen LogP contribution in [0.15, 0.2) is 29.5 Å². The molecule has 8 nitrogen and oxygen atoms in total. The molecule has 0 saturated heterocycles. The Kier molecular flexibility index (Phi) is 7.98. The number of alkyl carbamates (subject to hydrolysis) is 1. The van der Waals surface area contributed by atoms with E-state index in [-0.39, 0.29) is 19.8 Å². The number of hydrogen-bond donors (Lipinski definition) is 1. The average Bonchev–Trinajstić information content (AvgIpc) is 2.52. The molecule has 0 radical (unpaired) electrons. The molecule has 0 aromatic carbocycles. The Hall–Kier alpha value is -2.77. The Balaban J connectivity index is 2.73. The number of carbonyl (C=O) groups excluding carboxylic acids is 3. The van der Waals surface area contributed by atoms with Crippen LogP contribution in [-0.4, -0.2) is 42.4 Å². The molecule has 0 saturated carbocycles. The number of nitrogens with zero attached hydrogens (tertiary/aromatic N) is 2. The van der Waals surface area contributed by atoms with Crippen molar-refractivity contribution >= 4 is 24.2 Å². The lowest BCUT2D eigenvalue weighted by molar-refractivity contribution is -0.148. The van der Waals surface area contributed by atoms with Gasteiger partial charge < -0.3 is 9.47 Å². The van der Waals surface area contributed by atoms with Crippen LogP contribution in [0.4, 0.5) is 4.79 Å². The SMILES string of the molecule is CCOC(=O)NC(=O)[C@H](C=NCc1ccncc1)C(=O)OCC. The van der Waals surface area contributed by atoms with Crippen molar-refractivity contribution in [2.75, 3.05) is 13.2 Å². The number of ether oxygens (including phenoxy) is 2. The van der Waals surface area contributed by atoms with E-state index in [1.807, 2.05) is 5.32 Å². The molecule has 8 heteroatoms. The van der Waals surface area contributed by atoms with Crippen molar-refractivity contribution < 1.29 is 23.9 Å². The number of pyridine rings is 1. The maximum absolute atomic E-state index is 12.0. The molecule has 1 rings (SSSR count). The van der Waals surface area contributed by atoms with Gasteiger partial charge in [-0.3, -0.25) is 24.9 Å². The molecule has 0 spiro atoms. The molecule has 0 fully saturated rings. The molecule has 1 atom stereocenters. The van der Waals surface area contributed by atoms with Crippen LogP contribution >= 0.6 is 0 Å². The van der Waals surface area contributed by atoms with E-state index in [2.05, 4.69) is 14.7 Å². The van der Waals surface area contributed by atoms with Crippen molar-refractivity contribution in [3.63, 3.8) is 0 Å². The minimum atomic E-state index is -1.32. The van der Waals surface area contributed by atoms with E-state index in [1.165, 1.54) is 0 Å². The summed E-state index contributed by atoms with van der Waals surface area (Å²) in [5, 5.41) is 1.97. The fourth-order valence-electron chi connectivity index (χ4n) is 1.56. The van der Waals surface area contributed by atoms with Crippen molar-refractivity contribution in [3.05, 3.63) is 30.1 Å². The fourth-order valence-corrected chi connectivity index (χ4v) is 1.56. The van der Waals surface area contributed by atoms with E-state index in [4.69, 9.17) is 4.74 Å². The fraction of sp³-hybridized carbons (Fsp3) is 0.400. The molecule has 1 heterocycles.